The van der Waals surface area contributed by atoms with E-state index in [-0.39, 0.29) is 17.9 Å². The van der Waals surface area contributed by atoms with E-state index in [1.807, 2.05) is 48.7 Å². The Balaban J connectivity index is 1.51. The van der Waals surface area contributed by atoms with Crippen molar-refractivity contribution in [3.8, 4) is 0 Å². The molecule has 3 amide bonds. The summed E-state index contributed by atoms with van der Waals surface area (Å²) in [6, 6.07) is 13.7. The molecule has 0 bridgehead atoms. The molecule has 2 heterocycles. The topological polar surface area (TPSA) is 74.3 Å². The second-order valence-electron chi connectivity index (χ2n) is 6.85. The summed E-state index contributed by atoms with van der Waals surface area (Å²) in [4.78, 5) is 30.4. The van der Waals surface area contributed by atoms with Gasteiger partial charge in [0.05, 0.1) is 5.92 Å². The van der Waals surface area contributed by atoms with Gasteiger partial charge in [0.1, 0.15) is 0 Å². The normalized spacial score (nSPS) is 16.6. The highest BCUT2D eigenvalue weighted by Crippen LogP contribution is 2.18. The van der Waals surface area contributed by atoms with E-state index >= 15 is 0 Å². The zero-order valence-corrected chi connectivity index (χ0v) is 15.6. The van der Waals surface area contributed by atoms with Crippen LogP contribution >= 0.6 is 0 Å². The van der Waals surface area contributed by atoms with Crippen molar-refractivity contribution < 1.29 is 9.59 Å². The fraction of sp³-hybridized carbons (Fsp3) is 0.381. The average Bonchev–Trinajstić information content (AvgIpc) is 2.73. The molecule has 1 aliphatic heterocycles. The van der Waals surface area contributed by atoms with Crippen LogP contribution in [0.15, 0.2) is 48.7 Å². The average molecular weight is 366 g/mol. The molecular weight excluding hydrogens is 340 g/mol. The summed E-state index contributed by atoms with van der Waals surface area (Å²) in [5.41, 5.74) is 3.05. The Morgan fingerprint density at radius 3 is 2.67 bits per heavy atom. The van der Waals surface area contributed by atoms with Gasteiger partial charge >= 0.3 is 6.03 Å². The highest BCUT2D eigenvalue weighted by atomic mass is 16.2. The van der Waals surface area contributed by atoms with Crippen LogP contribution in [0.5, 0.6) is 0 Å². The van der Waals surface area contributed by atoms with Crippen molar-refractivity contribution in [1.29, 1.82) is 0 Å². The van der Waals surface area contributed by atoms with E-state index in [9.17, 15) is 9.59 Å². The number of amides is 3. The molecule has 2 N–H and O–H groups in total. The van der Waals surface area contributed by atoms with Crippen molar-refractivity contribution in [3.63, 3.8) is 0 Å². The lowest BCUT2D eigenvalue weighted by molar-refractivity contribution is -0.125. The summed E-state index contributed by atoms with van der Waals surface area (Å²) in [7, 11) is 1.64. The van der Waals surface area contributed by atoms with E-state index in [1.165, 1.54) is 5.56 Å². The largest absolute Gasteiger partial charge is 0.359 e. The number of urea groups is 1. The van der Waals surface area contributed by atoms with Crippen molar-refractivity contribution >= 4 is 17.6 Å². The van der Waals surface area contributed by atoms with Gasteiger partial charge in [0.25, 0.3) is 0 Å². The lowest BCUT2D eigenvalue weighted by atomic mass is 9.97. The highest BCUT2D eigenvalue weighted by molar-refractivity contribution is 5.90. The van der Waals surface area contributed by atoms with Gasteiger partial charge in [0.15, 0.2) is 0 Å². The van der Waals surface area contributed by atoms with Crippen LogP contribution < -0.4 is 10.6 Å². The van der Waals surface area contributed by atoms with Gasteiger partial charge in [-0.25, -0.2) is 4.79 Å². The molecule has 0 aliphatic carbocycles. The number of piperidine rings is 1. The molecule has 0 unspecified atom stereocenters. The minimum absolute atomic E-state index is 0.00441. The Labute approximate surface area is 160 Å². The van der Waals surface area contributed by atoms with Crippen molar-refractivity contribution in [1.82, 2.24) is 15.2 Å². The molecule has 6 nitrogen and oxygen atoms in total. The SMILES string of the molecule is CNC(=O)[C@H]1CCCN(C(=O)Nc2ccc(CCc3ccccn3)cc2)C1. The Morgan fingerprint density at radius 2 is 1.96 bits per heavy atom. The first-order valence-corrected chi connectivity index (χ1v) is 9.42. The zero-order chi connectivity index (χ0) is 19.1. The molecule has 142 valence electrons. The van der Waals surface area contributed by atoms with E-state index in [2.05, 4.69) is 15.6 Å². The third kappa shape index (κ3) is 5.29. The van der Waals surface area contributed by atoms with Gasteiger partial charge < -0.3 is 15.5 Å². The van der Waals surface area contributed by atoms with Crippen molar-refractivity contribution in [2.45, 2.75) is 25.7 Å². The number of aromatic nitrogens is 1. The van der Waals surface area contributed by atoms with E-state index in [0.29, 0.717) is 13.1 Å². The first-order chi connectivity index (χ1) is 13.2. The molecule has 0 radical (unpaired) electrons. The predicted molar refractivity (Wildman–Crippen MR) is 105 cm³/mol. The number of pyridine rings is 1. The smallest absolute Gasteiger partial charge is 0.321 e. The van der Waals surface area contributed by atoms with E-state index in [4.69, 9.17) is 0 Å². The maximum atomic E-state index is 12.5. The number of rotatable bonds is 5. The summed E-state index contributed by atoms with van der Waals surface area (Å²) in [6.07, 6.45) is 5.28. The number of hydrogen-bond acceptors (Lipinski definition) is 3. The van der Waals surface area contributed by atoms with Gasteiger partial charge in [0, 0.05) is 37.7 Å². The van der Waals surface area contributed by atoms with Gasteiger partial charge in [-0.05, 0) is 55.5 Å². The number of anilines is 1. The lowest BCUT2D eigenvalue weighted by Crippen LogP contribution is -2.46. The summed E-state index contributed by atoms with van der Waals surface area (Å²) in [6.45, 7) is 1.15. The third-order valence-corrected chi connectivity index (χ3v) is 4.93. The Kier molecular flexibility index (Phi) is 6.41. The standard InChI is InChI=1S/C21H26N4O2/c1-22-20(26)17-5-4-14-25(15-17)21(27)24-19-11-8-16(9-12-19)7-10-18-6-2-3-13-23-18/h2-3,6,8-9,11-13,17H,4-5,7,10,14-15H2,1H3,(H,22,26)(H,24,27)/t17-/m0/s1. The van der Waals surface area contributed by atoms with E-state index in [1.54, 1.807) is 11.9 Å². The maximum Gasteiger partial charge on any atom is 0.321 e. The first-order valence-electron chi connectivity index (χ1n) is 9.42. The van der Waals surface area contributed by atoms with E-state index < -0.39 is 0 Å². The number of likely N-dealkylation sites (tertiary alicyclic amines) is 1. The molecule has 27 heavy (non-hydrogen) atoms. The molecule has 0 spiro atoms. The molecule has 0 saturated carbocycles. The van der Waals surface area contributed by atoms with Crippen LogP contribution in [0.3, 0.4) is 0 Å². The molecule has 1 aromatic heterocycles. The summed E-state index contributed by atoms with van der Waals surface area (Å²) < 4.78 is 0. The Bertz CT molecular complexity index is 762. The molecule has 1 aliphatic rings. The number of nitrogens with one attached hydrogen (secondary N) is 2. The quantitative estimate of drug-likeness (QED) is 0.854. The first kappa shape index (κ1) is 18.9. The number of nitrogens with zero attached hydrogens (tertiary/aromatic N) is 2. The molecule has 6 heteroatoms. The molecule has 1 saturated heterocycles. The number of carbonyl (C=O) groups excluding carboxylic acids is 2. The number of hydrogen-bond donors (Lipinski definition) is 2. The number of carbonyl (C=O) groups is 2. The predicted octanol–water partition coefficient (Wildman–Crippen LogP) is 2.86. The van der Waals surface area contributed by atoms with Crippen LogP contribution in [0.2, 0.25) is 0 Å². The Hall–Kier alpha value is -2.89. The summed E-state index contributed by atoms with van der Waals surface area (Å²) >= 11 is 0. The number of aryl methyl sites for hydroxylation is 2. The molecular formula is C21H26N4O2. The van der Waals surface area contributed by atoms with Gasteiger partial charge in [-0.15, -0.1) is 0 Å². The fourth-order valence-corrected chi connectivity index (χ4v) is 3.36. The van der Waals surface area contributed by atoms with E-state index in [0.717, 1.165) is 37.1 Å². The highest BCUT2D eigenvalue weighted by Gasteiger charge is 2.27. The monoisotopic (exact) mass is 366 g/mol. The molecule has 1 fully saturated rings. The van der Waals surface area contributed by atoms with Crippen molar-refractivity contribution in [3.05, 3.63) is 59.9 Å². The Morgan fingerprint density at radius 1 is 1.15 bits per heavy atom. The van der Waals surface area contributed by atoms with Gasteiger partial charge in [-0.3, -0.25) is 9.78 Å². The summed E-state index contributed by atoms with van der Waals surface area (Å²) in [5, 5.41) is 5.61. The van der Waals surface area contributed by atoms with Crippen LogP contribution in [0.25, 0.3) is 0 Å². The molecule has 1 atom stereocenters. The van der Waals surface area contributed by atoms with Crippen molar-refractivity contribution in [2.75, 3.05) is 25.5 Å². The lowest BCUT2D eigenvalue weighted by Gasteiger charge is -2.31. The summed E-state index contributed by atoms with van der Waals surface area (Å²) in [5.74, 6) is -0.117. The van der Waals surface area contributed by atoms with Gasteiger partial charge in [-0.1, -0.05) is 18.2 Å². The van der Waals surface area contributed by atoms with Crippen LogP contribution in [0, 0.1) is 5.92 Å². The molecule has 2 aromatic rings. The molecule has 1 aromatic carbocycles. The van der Waals surface area contributed by atoms with Gasteiger partial charge in [0.2, 0.25) is 5.91 Å². The number of benzene rings is 1. The van der Waals surface area contributed by atoms with Crippen LogP contribution in [0.1, 0.15) is 24.1 Å². The third-order valence-electron chi connectivity index (χ3n) is 4.93. The maximum absolute atomic E-state index is 12.5. The van der Waals surface area contributed by atoms with Crippen LogP contribution in [-0.2, 0) is 17.6 Å². The van der Waals surface area contributed by atoms with Crippen LogP contribution in [-0.4, -0.2) is 42.0 Å². The van der Waals surface area contributed by atoms with Crippen LogP contribution in [0.4, 0.5) is 10.5 Å². The van der Waals surface area contributed by atoms with Crippen molar-refractivity contribution in [2.24, 2.45) is 5.92 Å². The van der Waals surface area contributed by atoms with Gasteiger partial charge in [-0.2, -0.15) is 0 Å². The fourth-order valence-electron chi connectivity index (χ4n) is 3.36. The minimum atomic E-state index is -0.148. The second-order valence-corrected chi connectivity index (χ2v) is 6.85. The molecule has 3 rings (SSSR count). The minimum Gasteiger partial charge on any atom is -0.359 e. The zero-order valence-electron chi connectivity index (χ0n) is 15.6. The second kappa shape index (κ2) is 9.16.